The van der Waals surface area contributed by atoms with Crippen molar-refractivity contribution in [2.45, 2.75) is 18.8 Å². The first kappa shape index (κ1) is 19.2. The van der Waals surface area contributed by atoms with E-state index in [9.17, 15) is 4.79 Å². The molecule has 0 unspecified atom stereocenters. The van der Waals surface area contributed by atoms with Gasteiger partial charge in [-0.3, -0.25) is 4.79 Å². The number of rotatable bonds is 4. The first-order valence-electron chi connectivity index (χ1n) is 10.6. The molecule has 1 aliphatic rings. The van der Waals surface area contributed by atoms with Crippen molar-refractivity contribution in [3.05, 3.63) is 96.5 Å². The predicted octanol–water partition coefficient (Wildman–Crippen LogP) is 5.42. The fourth-order valence-corrected chi connectivity index (χ4v) is 4.11. The van der Waals surface area contributed by atoms with Crippen LogP contribution in [0.5, 0.6) is 0 Å². The number of aromatic nitrogens is 2. The summed E-state index contributed by atoms with van der Waals surface area (Å²) < 4.78 is 5.42. The molecule has 0 saturated carbocycles. The third kappa shape index (κ3) is 4.12. The standard InChI is InChI=1S/C26H23N3O2/c30-26(22-10-8-20(9-11-22)24-7-4-18-31-24)29-16-13-19(14-17-29)23-12-15-27-25(28-23)21-5-2-1-3-6-21/h1-12,15,18-19H,13-14,16-17H2. The van der Waals surface area contributed by atoms with Crippen molar-refractivity contribution < 1.29 is 9.21 Å². The number of carbonyl (C=O) groups is 1. The Hall–Kier alpha value is -3.73. The minimum Gasteiger partial charge on any atom is -0.464 e. The number of amides is 1. The molecule has 0 aliphatic carbocycles. The van der Waals surface area contributed by atoms with Crippen LogP contribution in [-0.2, 0) is 0 Å². The van der Waals surface area contributed by atoms with Crippen LogP contribution < -0.4 is 0 Å². The average molecular weight is 409 g/mol. The van der Waals surface area contributed by atoms with E-state index < -0.39 is 0 Å². The van der Waals surface area contributed by atoms with Gasteiger partial charge < -0.3 is 9.32 Å². The fourth-order valence-electron chi connectivity index (χ4n) is 4.11. The molecule has 31 heavy (non-hydrogen) atoms. The van der Waals surface area contributed by atoms with E-state index in [0.29, 0.717) is 11.5 Å². The van der Waals surface area contributed by atoms with Gasteiger partial charge >= 0.3 is 0 Å². The third-order valence-corrected chi connectivity index (χ3v) is 5.85. The maximum absolute atomic E-state index is 13.0. The van der Waals surface area contributed by atoms with Crippen LogP contribution in [0.2, 0.25) is 0 Å². The van der Waals surface area contributed by atoms with Crippen molar-refractivity contribution in [2.75, 3.05) is 13.1 Å². The van der Waals surface area contributed by atoms with Crippen LogP contribution in [0.3, 0.4) is 0 Å². The molecule has 2 aromatic heterocycles. The number of carbonyl (C=O) groups excluding carboxylic acids is 1. The van der Waals surface area contributed by atoms with E-state index in [-0.39, 0.29) is 5.91 Å². The topological polar surface area (TPSA) is 59.2 Å². The van der Waals surface area contributed by atoms with E-state index >= 15 is 0 Å². The van der Waals surface area contributed by atoms with Crippen molar-refractivity contribution in [3.63, 3.8) is 0 Å². The molecule has 5 nitrogen and oxygen atoms in total. The Morgan fingerprint density at radius 3 is 2.35 bits per heavy atom. The molecule has 5 rings (SSSR count). The predicted molar refractivity (Wildman–Crippen MR) is 119 cm³/mol. The van der Waals surface area contributed by atoms with Crippen molar-refractivity contribution in [1.29, 1.82) is 0 Å². The van der Waals surface area contributed by atoms with E-state index in [4.69, 9.17) is 9.40 Å². The molecule has 3 heterocycles. The molecule has 4 aromatic rings. The van der Waals surface area contributed by atoms with Crippen LogP contribution in [-0.4, -0.2) is 33.9 Å². The van der Waals surface area contributed by atoms with Gasteiger partial charge in [-0.1, -0.05) is 42.5 Å². The third-order valence-electron chi connectivity index (χ3n) is 5.85. The monoisotopic (exact) mass is 409 g/mol. The first-order valence-corrected chi connectivity index (χ1v) is 10.6. The van der Waals surface area contributed by atoms with Crippen molar-refractivity contribution >= 4 is 5.91 Å². The summed E-state index contributed by atoms with van der Waals surface area (Å²) in [4.78, 5) is 24.1. The van der Waals surface area contributed by atoms with E-state index in [1.54, 1.807) is 6.26 Å². The van der Waals surface area contributed by atoms with Crippen LogP contribution in [0.25, 0.3) is 22.7 Å². The summed E-state index contributed by atoms with van der Waals surface area (Å²) in [5, 5.41) is 0. The maximum Gasteiger partial charge on any atom is 0.253 e. The largest absolute Gasteiger partial charge is 0.464 e. The number of hydrogen-bond donors (Lipinski definition) is 0. The molecule has 154 valence electrons. The van der Waals surface area contributed by atoms with Gasteiger partial charge in [-0.05, 0) is 43.2 Å². The van der Waals surface area contributed by atoms with Crippen LogP contribution in [0, 0.1) is 0 Å². The molecule has 0 spiro atoms. The summed E-state index contributed by atoms with van der Waals surface area (Å²) >= 11 is 0. The minimum atomic E-state index is 0.0807. The van der Waals surface area contributed by atoms with Gasteiger partial charge in [-0.25, -0.2) is 9.97 Å². The maximum atomic E-state index is 13.0. The normalized spacial score (nSPS) is 14.5. The van der Waals surface area contributed by atoms with E-state index in [0.717, 1.165) is 54.3 Å². The van der Waals surface area contributed by atoms with Crippen LogP contribution in [0.15, 0.2) is 89.7 Å². The molecule has 0 atom stereocenters. The Kier molecular flexibility index (Phi) is 5.31. The summed E-state index contributed by atoms with van der Waals surface area (Å²) in [6.45, 7) is 1.46. The van der Waals surface area contributed by atoms with Gasteiger partial charge in [0.15, 0.2) is 5.82 Å². The molecule has 0 radical (unpaired) electrons. The number of nitrogens with zero attached hydrogens (tertiary/aromatic N) is 3. The first-order chi connectivity index (χ1) is 15.3. The van der Waals surface area contributed by atoms with Crippen LogP contribution in [0.1, 0.15) is 34.8 Å². The summed E-state index contributed by atoms with van der Waals surface area (Å²) in [5.41, 5.74) is 3.76. The highest BCUT2D eigenvalue weighted by molar-refractivity contribution is 5.94. The SMILES string of the molecule is O=C(c1ccc(-c2ccco2)cc1)N1CCC(c2ccnc(-c3ccccc3)n2)CC1. The van der Waals surface area contributed by atoms with Gasteiger partial charge in [0.05, 0.1) is 6.26 Å². The second kappa shape index (κ2) is 8.56. The second-order valence-electron chi connectivity index (χ2n) is 7.79. The van der Waals surface area contributed by atoms with E-state index in [2.05, 4.69) is 4.98 Å². The fraction of sp³-hybridized carbons (Fsp3) is 0.192. The highest BCUT2D eigenvalue weighted by Crippen LogP contribution is 2.29. The zero-order chi connectivity index (χ0) is 21.0. The van der Waals surface area contributed by atoms with Gasteiger partial charge in [0, 0.05) is 47.6 Å². The number of hydrogen-bond acceptors (Lipinski definition) is 4. The molecule has 2 aromatic carbocycles. The molecule has 1 saturated heterocycles. The van der Waals surface area contributed by atoms with Gasteiger partial charge in [0.2, 0.25) is 0 Å². The molecule has 1 amide bonds. The lowest BCUT2D eigenvalue weighted by atomic mass is 9.92. The van der Waals surface area contributed by atoms with E-state index in [1.165, 1.54) is 0 Å². The smallest absolute Gasteiger partial charge is 0.253 e. The lowest BCUT2D eigenvalue weighted by Crippen LogP contribution is -2.38. The minimum absolute atomic E-state index is 0.0807. The summed E-state index contributed by atoms with van der Waals surface area (Å²) in [7, 11) is 0. The molecule has 0 bridgehead atoms. The zero-order valence-electron chi connectivity index (χ0n) is 17.1. The molecule has 0 N–H and O–H groups in total. The number of benzene rings is 2. The quantitative estimate of drug-likeness (QED) is 0.451. The Morgan fingerprint density at radius 1 is 0.871 bits per heavy atom. The van der Waals surface area contributed by atoms with Crippen LogP contribution >= 0.6 is 0 Å². The highest BCUT2D eigenvalue weighted by Gasteiger charge is 2.25. The van der Waals surface area contributed by atoms with Crippen molar-refractivity contribution in [2.24, 2.45) is 0 Å². The molecular weight excluding hydrogens is 386 g/mol. The lowest BCUT2D eigenvalue weighted by molar-refractivity contribution is 0.0712. The average Bonchev–Trinajstić information content (AvgIpc) is 3.40. The molecular formula is C26H23N3O2. The van der Waals surface area contributed by atoms with Crippen LogP contribution in [0.4, 0.5) is 0 Å². The lowest BCUT2D eigenvalue weighted by Gasteiger charge is -2.32. The second-order valence-corrected chi connectivity index (χ2v) is 7.79. The Morgan fingerprint density at radius 2 is 1.65 bits per heavy atom. The van der Waals surface area contributed by atoms with Gasteiger partial charge in [-0.15, -0.1) is 0 Å². The summed E-state index contributed by atoms with van der Waals surface area (Å²) in [6, 6.07) is 23.4. The summed E-state index contributed by atoms with van der Waals surface area (Å²) in [5.74, 6) is 1.99. The van der Waals surface area contributed by atoms with Gasteiger partial charge in [0.25, 0.3) is 5.91 Å². The number of piperidine rings is 1. The summed E-state index contributed by atoms with van der Waals surface area (Å²) in [6.07, 6.45) is 5.30. The Bertz CT molecular complexity index is 1150. The number of likely N-dealkylation sites (tertiary alicyclic amines) is 1. The zero-order valence-corrected chi connectivity index (χ0v) is 17.1. The van der Waals surface area contributed by atoms with Gasteiger partial charge in [-0.2, -0.15) is 0 Å². The molecule has 1 fully saturated rings. The Balaban J connectivity index is 1.24. The molecule has 1 aliphatic heterocycles. The van der Waals surface area contributed by atoms with Gasteiger partial charge in [0.1, 0.15) is 5.76 Å². The Labute approximate surface area is 181 Å². The molecule has 5 heteroatoms. The van der Waals surface area contributed by atoms with Crippen molar-refractivity contribution in [1.82, 2.24) is 14.9 Å². The van der Waals surface area contributed by atoms with E-state index in [1.807, 2.05) is 83.9 Å². The number of furan rings is 1. The highest BCUT2D eigenvalue weighted by atomic mass is 16.3. The van der Waals surface area contributed by atoms with Crippen molar-refractivity contribution in [3.8, 4) is 22.7 Å².